The van der Waals surface area contributed by atoms with Gasteiger partial charge in [0.1, 0.15) is 5.82 Å². The van der Waals surface area contributed by atoms with Gasteiger partial charge in [0.2, 0.25) is 0 Å². The average molecular weight is 272 g/mol. The van der Waals surface area contributed by atoms with E-state index < -0.39 is 0 Å². The van der Waals surface area contributed by atoms with Gasteiger partial charge in [-0.1, -0.05) is 24.1 Å². The minimum Gasteiger partial charge on any atom is -0.396 e. The summed E-state index contributed by atoms with van der Waals surface area (Å²) in [6.07, 6.45) is 4.31. The van der Waals surface area contributed by atoms with Crippen LogP contribution in [0.1, 0.15) is 31.2 Å². The lowest BCUT2D eigenvalue weighted by atomic mass is 9.86. The van der Waals surface area contributed by atoms with E-state index in [9.17, 15) is 4.39 Å². The first-order valence-corrected chi connectivity index (χ1v) is 6.85. The fourth-order valence-electron chi connectivity index (χ4n) is 2.56. The van der Waals surface area contributed by atoms with Crippen molar-refractivity contribution < 1.29 is 9.50 Å². The molecule has 2 unspecified atom stereocenters. The molecule has 0 heterocycles. The monoisotopic (exact) mass is 271 g/mol. The molecule has 1 fully saturated rings. The fourth-order valence-corrected chi connectivity index (χ4v) is 2.72. The number of aliphatic hydroxyl groups excluding tert-OH is 1. The Hall–Kier alpha value is -0.640. The first-order valence-electron chi connectivity index (χ1n) is 6.47. The van der Waals surface area contributed by atoms with Crippen LogP contribution >= 0.6 is 11.6 Å². The predicted molar refractivity (Wildman–Crippen MR) is 71.1 cm³/mol. The van der Waals surface area contributed by atoms with Crippen LogP contribution in [0.15, 0.2) is 18.2 Å². The zero-order valence-corrected chi connectivity index (χ0v) is 11.1. The molecule has 1 aromatic rings. The van der Waals surface area contributed by atoms with E-state index in [1.807, 2.05) is 0 Å². The molecule has 0 aliphatic heterocycles. The van der Waals surface area contributed by atoms with E-state index in [2.05, 4.69) is 5.32 Å². The van der Waals surface area contributed by atoms with Crippen LogP contribution in [0.3, 0.4) is 0 Å². The third-order valence-electron chi connectivity index (χ3n) is 3.64. The van der Waals surface area contributed by atoms with Gasteiger partial charge in [-0.15, -0.1) is 0 Å². The largest absolute Gasteiger partial charge is 0.396 e. The molecule has 1 aliphatic rings. The quantitative estimate of drug-likeness (QED) is 0.882. The van der Waals surface area contributed by atoms with Crippen molar-refractivity contribution in [1.82, 2.24) is 5.32 Å². The molecule has 2 atom stereocenters. The lowest BCUT2D eigenvalue weighted by Crippen LogP contribution is -2.34. The highest BCUT2D eigenvalue weighted by atomic mass is 35.5. The van der Waals surface area contributed by atoms with Gasteiger partial charge in [0.25, 0.3) is 0 Å². The summed E-state index contributed by atoms with van der Waals surface area (Å²) < 4.78 is 13.6. The van der Waals surface area contributed by atoms with Crippen molar-refractivity contribution in [2.75, 3.05) is 6.61 Å². The summed E-state index contributed by atoms with van der Waals surface area (Å²) in [6.45, 7) is 0.777. The zero-order valence-electron chi connectivity index (χ0n) is 10.3. The number of hydrogen-bond acceptors (Lipinski definition) is 2. The predicted octanol–water partition coefficient (Wildman–Crippen LogP) is 3.12. The molecule has 0 spiro atoms. The molecular weight excluding hydrogens is 253 g/mol. The molecule has 0 saturated heterocycles. The average Bonchev–Trinajstić information content (AvgIpc) is 2.38. The molecule has 1 aliphatic carbocycles. The van der Waals surface area contributed by atoms with Gasteiger partial charge in [-0.25, -0.2) is 4.39 Å². The van der Waals surface area contributed by atoms with E-state index in [1.165, 1.54) is 6.07 Å². The highest BCUT2D eigenvalue weighted by Crippen LogP contribution is 2.24. The molecule has 0 aromatic heterocycles. The standard InChI is InChI=1S/C14H19ClFNO/c15-12-5-4-11(14(16)7-12)8-17-13-3-1-2-10(6-13)9-18/h4-5,7,10,13,17-18H,1-3,6,8-9H2. The zero-order chi connectivity index (χ0) is 13.0. The highest BCUT2D eigenvalue weighted by molar-refractivity contribution is 6.30. The molecule has 2 N–H and O–H groups in total. The van der Waals surface area contributed by atoms with Gasteiger partial charge in [0.15, 0.2) is 0 Å². The van der Waals surface area contributed by atoms with Crippen LogP contribution in [0, 0.1) is 11.7 Å². The summed E-state index contributed by atoms with van der Waals surface area (Å²) in [5.41, 5.74) is 0.644. The van der Waals surface area contributed by atoms with Crippen LogP contribution < -0.4 is 5.32 Å². The Labute approximate surface area is 112 Å². The summed E-state index contributed by atoms with van der Waals surface area (Å²) in [6, 6.07) is 5.15. The number of aliphatic hydroxyl groups is 1. The Kier molecular flexibility index (Phi) is 4.98. The molecule has 2 nitrogen and oxygen atoms in total. The van der Waals surface area contributed by atoms with Crippen molar-refractivity contribution in [3.05, 3.63) is 34.6 Å². The van der Waals surface area contributed by atoms with Crippen molar-refractivity contribution in [2.45, 2.75) is 38.3 Å². The molecule has 4 heteroatoms. The van der Waals surface area contributed by atoms with Gasteiger partial charge in [0.05, 0.1) is 0 Å². The maximum atomic E-state index is 13.6. The van der Waals surface area contributed by atoms with Crippen molar-refractivity contribution in [3.8, 4) is 0 Å². The number of hydrogen-bond donors (Lipinski definition) is 2. The fraction of sp³-hybridized carbons (Fsp3) is 0.571. The van der Waals surface area contributed by atoms with E-state index >= 15 is 0 Å². The van der Waals surface area contributed by atoms with Crippen LogP contribution in [0.25, 0.3) is 0 Å². The van der Waals surface area contributed by atoms with Crippen LogP contribution in [0.2, 0.25) is 5.02 Å². The van der Waals surface area contributed by atoms with Gasteiger partial charge in [-0.05, 0) is 37.3 Å². The molecule has 18 heavy (non-hydrogen) atoms. The first kappa shape index (κ1) is 13.8. The topological polar surface area (TPSA) is 32.3 Å². The first-order chi connectivity index (χ1) is 8.69. The van der Waals surface area contributed by atoms with Gasteiger partial charge in [-0.3, -0.25) is 0 Å². The molecule has 2 rings (SSSR count). The summed E-state index contributed by atoms with van der Waals surface area (Å²) in [7, 11) is 0. The Balaban J connectivity index is 1.87. The SMILES string of the molecule is OCC1CCCC(NCc2ccc(Cl)cc2F)C1. The minimum atomic E-state index is -0.260. The van der Waals surface area contributed by atoms with Crippen LogP contribution in [-0.4, -0.2) is 17.8 Å². The van der Waals surface area contributed by atoms with Crippen LogP contribution in [-0.2, 0) is 6.54 Å². The maximum Gasteiger partial charge on any atom is 0.129 e. The summed E-state index contributed by atoms with van der Waals surface area (Å²) in [4.78, 5) is 0. The van der Waals surface area contributed by atoms with E-state index in [1.54, 1.807) is 12.1 Å². The van der Waals surface area contributed by atoms with Crippen molar-refractivity contribution >= 4 is 11.6 Å². The molecular formula is C14H19ClFNO. The number of benzene rings is 1. The van der Waals surface area contributed by atoms with Crippen LogP contribution in [0.5, 0.6) is 0 Å². The number of halogens is 2. The Morgan fingerprint density at radius 2 is 2.22 bits per heavy atom. The normalized spacial score (nSPS) is 24.2. The van der Waals surface area contributed by atoms with E-state index in [0.29, 0.717) is 29.1 Å². The second kappa shape index (κ2) is 6.50. The summed E-state index contributed by atoms with van der Waals surface area (Å²) in [5.74, 6) is 0.135. The smallest absolute Gasteiger partial charge is 0.129 e. The molecule has 0 radical (unpaired) electrons. The number of nitrogens with one attached hydrogen (secondary N) is 1. The van der Waals surface area contributed by atoms with Gasteiger partial charge in [-0.2, -0.15) is 0 Å². The Bertz CT molecular complexity index is 399. The second-order valence-electron chi connectivity index (χ2n) is 5.03. The third kappa shape index (κ3) is 3.67. The molecule has 0 bridgehead atoms. The van der Waals surface area contributed by atoms with E-state index in [0.717, 1.165) is 25.7 Å². The summed E-state index contributed by atoms with van der Waals surface area (Å²) >= 11 is 5.72. The van der Waals surface area contributed by atoms with Gasteiger partial charge < -0.3 is 10.4 Å². The van der Waals surface area contributed by atoms with Crippen LogP contribution in [0.4, 0.5) is 4.39 Å². The van der Waals surface area contributed by atoms with Crippen molar-refractivity contribution in [2.24, 2.45) is 5.92 Å². The second-order valence-corrected chi connectivity index (χ2v) is 5.47. The highest BCUT2D eigenvalue weighted by Gasteiger charge is 2.21. The van der Waals surface area contributed by atoms with Crippen molar-refractivity contribution in [1.29, 1.82) is 0 Å². The minimum absolute atomic E-state index is 0.257. The molecule has 100 valence electrons. The number of rotatable bonds is 4. The third-order valence-corrected chi connectivity index (χ3v) is 3.87. The Morgan fingerprint density at radius 3 is 2.94 bits per heavy atom. The van der Waals surface area contributed by atoms with E-state index in [-0.39, 0.29) is 12.4 Å². The molecule has 1 saturated carbocycles. The molecule has 0 amide bonds. The lowest BCUT2D eigenvalue weighted by Gasteiger charge is -2.28. The molecule has 1 aromatic carbocycles. The Morgan fingerprint density at radius 1 is 1.39 bits per heavy atom. The van der Waals surface area contributed by atoms with E-state index in [4.69, 9.17) is 16.7 Å². The maximum absolute atomic E-state index is 13.6. The van der Waals surface area contributed by atoms with Crippen molar-refractivity contribution in [3.63, 3.8) is 0 Å². The van der Waals surface area contributed by atoms with Gasteiger partial charge >= 0.3 is 0 Å². The summed E-state index contributed by atoms with van der Waals surface area (Å²) in [5, 5.41) is 13.0. The van der Waals surface area contributed by atoms with Gasteiger partial charge in [0, 0.05) is 29.8 Å². The lowest BCUT2D eigenvalue weighted by molar-refractivity contribution is 0.170.